The maximum absolute atomic E-state index is 3.77. The molecule has 2 atom stereocenters. The van der Waals surface area contributed by atoms with Crippen LogP contribution < -0.4 is 0 Å². The summed E-state index contributed by atoms with van der Waals surface area (Å²) in [5, 5.41) is 0. The standard InChI is InChI=1S/C17H22I2/c1-5-7-13-11-14(12-15(19)8-6-2)17(3,4)16(13)9-10-18/h5-10,12-13,16H,2,11H2,1,3-4H3/b7-5-,10-9+,14-12+,15-8+. The number of hydrogen-bond acceptors (Lipinski definition) is 0. The van der Waals surface area contributed by atoms with Crippen LogP contribution in [0.2, 0.25) is 0 Å². The lowest BCUT2D eigenvalue weighted by Gasteiger charge is -2.28. The first-order valence-corrected chi connectivity index (χ1v) is 8.88. The van der Waals surface area contributed by atoms with Gasteiger partial charge in [0, 0.05) is 3.58 Å². The van der Waals surface area contributed by atoms with Crippen LogP contribution in [0.4, 0.5) is 0 Å². The van der Waals surface area contributed by atoms with Gasteiger partial charge in [-0.2, -0.15) is 0 Å². The number of halogens is 2. The molecule has 0 spiro atoms. The van der Waals surface area contributed by atoms with Crippen molar-refractivity contribution < 1.29 is 0 Å². The molecule has 0 heterocycles. The van der Waals surface area contributed by atoms with Gasteiger partial charge in [0.1, 0.15) is 0 Å². The van der Waals surface area contributed by atoms with Crippen LogP contribution in [0.5, 0.6) is 0 Å². The van der Waals surface area contributed by atoms with Crippen molar-refractivity contribution >= 4 is 45.2 Å². The molecule has 0 amide bonds. The van der Waals surface area contributed by atoms with Gasteiger partial charge in [0.2, 0.25) is 0 Å². The zero-order valence-electron chi connectivity index (χ0n) is 11.9. The smallest absolute Gasteiger partial charge is 0.0129 e. The Labute approximate surface area is 145 Å². The predicted octanol–water partition coefficient (Wildman–Crippen LogP) is 6.60. The highest BCUT2D eigenvalue weighted by atomic mass is 127. The molecule has 0 nitrogen and oxygen atoms in total. The van der Waals surface area contributed by atoms with Crippen molar-refractivity contribution in [2.75, 3.05) is 0 Å². The molecule has 0 bridgehead atoms. The third-order valence-electron chi connectivity index (χ3n) is 3.89. The summed E-state index contributed by atoms with van der Waals surface area (Å²) >= 11 is 4.71. The summed E-state index contributed by atoms with van der Waals surface area (Å²) in [6, 6.07) is 0. The Morgan fingerprint density at radius 2 is 2.05 bits per heavy atom. The van der Waals surface area contributed by atoms with Crippen LogP contribution >= 0.6 is 45.2 Å². The van der Waals surface area contributed by atoms with Gasteiger partial charge < -0.3 is 0 Å². The minimum absolute atomic E-state index is 0.220. The van der Waals surface area contributed by atoms with Gasteiger partial charge in [-0.3, -0.25) is 0 Å². The normalized spacial score (nSPS) is 29.7. The van der Waals surface area contributed by atoms with Crippen LogP contribution in [0.3, 0.4) is 0 Å². The summed E-state index contributed by atoms with van der Waals surface area (Å²) in [6.07, 6.45) is 14.3. The highest BCUT2D eigenvalue weighted by molar-refractivity contribution is 14.1. The van der Waals surface area contributed by atoms with E-state index in [9.17, 15) is 0 Å². The molecule has 1 fully saturated rings. The second-order valence-corrected chi connectivity index (χ2v) is 7.38. The highest BCUT2D eigenvalue weighted by Gasteiger charge is 2.42. The average molecular weight is 480 g/mol. The van der Waals surface area contributed by atoms with Crippen LogP contribution in [0, 0.1) is 17.3 Å². The number of rotatable bonds is 4. The molecular weight excluding hydrogens is 458 g/mol. The van der Waals surface area contributed by atoms with Crippen LogP contribution in [0.25, 0.3) is 0 Å². The van der Waals surface area contributed by atoms with E-state index in [1.54, 1.807) is 0 Å². The predicted molar refractivity (Wildman–Crippen MR) is 104 cm³/mol. The largest absolute Gasteiger partial charge is 0.0990 e. The summed E-state index contributed by atoms with van der Waals surface area (Å²) in [5.74, 6) is 1.20. The van der Waals surface area contributed by atoms with E-state index in [1.165, 1.54) is 9.15 Å². The maximum atomic E-state index is 3.77. The lowest BCUT2D eigenvalue weighted by atomic mass is 9.76. The fourth-order valence-corrected chi connectivity index (χ4v) is 3.94. The highest BCUT2D eigenvalue weighted by Crippen LogP contribution is 2.52. The van der Waals surface area contributed by atoms with Crippen molar-refractivity contribution in [2.45, 2.75) is 27.2 Å². The summed E-state index contributed by atoms with van der Waals surface area (Å²) < 4.78 is 3.42. The molecule has 1 aliphatic rings. The van der Waals surface area contributed by atoms with Gasteiger partial charge in [0.15, 0.2) is 0 Å². The van der Waals surface area contributed by atoms with Crippen LogP contribution in [-0.2, 0) is 0 Å². The molecule has 19 heavy (non-hydrogen) atoms. The lowest BCUT2D eigenvalue weighted by molar-refractivity contribution is 0.333. The van der Waals surface area contributed by atoms with Crippen molar-refractivity contribution in [1.82, 2.24) is 0 Å². The fourth-order valence-electron chi connectivity index (χ4n) is 2.86. The maximum Gasteiger partial charge on any atom is 0.0129 e. The number of allylic oxidation sites excluding steroid dienone is 8. The molecule has 0 N–H and O–H groups in total. The van der Waals surface area contributed by atoms with Crippen LogP contribution in [-0.4, -0.2) is 0 Å². The molecular formula is C17H22I2. The van der Waals surface area contributed by atoms with E-state index in [-0.39, 0.29) is 5.41 Å². The lowest BCUT2D eigenvalue weighted by Crippen LogP contribution is -2.20. The Balaban J connectivity index is 3.16. The van der Waals surface area contributed by atoms with Crippen molar-refractivity contribution in [1.29, 1.82) is 0 Å². The van der Waals surface area contributed by atoms with Gasteiger partial charge in [-0.15, -0.1) is 0 Å². The van der Waals surface area contributed by atoms with Gasteiger partial charge in [-0.05, 0) is 69.4 Å². The Kier molecular flexibility index (Phi) is 7.08. The molecule has 2 unspecified atom stereocenters. The third kappa shape index (κ3) is 4.31. The van der Waals surface area contributed by atoms with Crippen molar-refractivity contribution in [3.05, 3.63) is 56.3 Å². The van der Waals surface area contributed by atoms with Crippen molar-refractivity contribution in [3.63, 3.8) is 0 Å². The molecule has 0 aromatic rings. The molecule has 1 saturated carbocycles. The quantitative estimate of drug-likeness (QED) is 0.242. The van der Waals surface area contributed by atoms with E-state index >= 15 is 0 Å². The van der Waals surface area contributed by atoms with E-state index < -0.39 is 0 Å². The Hall–Kier alpha value is 0.160. The SMILES string of the molecule is C=C/C=C(I)\C=C1/CC(/C=C\C)C(/C=C/I)C1(C)C. The molecule has 0 aliphatic heterocycles. The van der Waals surface area contributed by atoms with E-state index in [0.29, 0.717) is 11.8 Å². The zero-order valence-corrected chi connectivity index (χ0v) is 16.2. The van der Waals surface area contributed by atoms with Gasteiger partial charge >= 0.3 is 0 Å². The first-order valence-electron chi connectivity index (χ1n) is 6.56. The molecule has 104 valence electrons. The Morgan fingerprint density at radius 3 is 2.58 bits per heavy atom. The molecule has 0 saturated heterocycles. The van der Waals surface area contributed by atoms with E-state index in [4.69, 9.17) is 0 Å². The first-order chi connectivity index (χ1) is 8.97. The second-order valence-electron chi connectivity index (χ2n) is 5.42. The van der Waals surface area contributed by atoms with Gasteiger partial charge in [0.05, 0.1) is 0 Å². The molecule has 0 aromatic heterocycles. The van der Waals surface area contributed by atoms with Crippen molar-refractivity contribution in [3.8, 4) is 0 Å². The molecule has 2 heteroatoms. The van der Waals surface area contributed by atoms with Gasteiger partial charge in [0.25, 0.3) is 0 Å². The Morgan fingerprint density at radius 1 is 1.37 bits per heavy atom. The minimum atomic E-state index is 0.220. The monoisotopic (exact) mass is 480 g/mol. The first kappa shape index (κ1) is 17.2. The third-order valence-corrected chi connectivity index (χ3v) is 4.97. The van der Waals surface area contributed by atoms with Gasteiger partial charge in [-0.25, -0.2) is 0 Å². The summed E-state index contributed by atoms with van der Waals surface area (Å²) in [5.41, 5.74) is 1.76. The summed E-state index contributed by atoms with van der Waals surface area (Å²) in [6.45, 7) is 10.6. The molecule has 0 radical (unpaired) electrons. The van der Waals surface area contributed by atoms with E-state index in [2.05, 4.69) is 107 Å². The zero-order chi connectivity index (χ0) is 14.5. The molecule has 1 aliphatic carbocycles. The summed E-state index contributed by atoms with van der Waals surface area (Å²) in [7, 11) is 0. The molecule has 1 rings (SSSR count). The second kappa shape index (κ2) is 7.81. The van der Waals surface area contributed by atoms with Crippen LogP contribution in [0.15, 0.2) is 56.3 Å². The number of hydrogen-bond donors (Lipinski definition) is 0. The Bertz CT molecular complexity index is 436. The molecule has 0 aromatic carbocycles. The average Bonchev–Trinajstić information content (AvgIpc) is 2.55. The fraction of sp³-hybridized carbons (Fsp3) is 0.412. The van der Waals surface area contributed by atoms with E-state index in [1.807, 2.05) is 6.08 Å². The van der Waals surface area contributed by atoms with E-state index in [0.717, 1.165) is 6.42 Å². The summed E-state index contributed by atoms with van der Waals surface area (Å²) in [4.78, 5) is 0. The van der Waals surface area contributed by atoms with Crippen LogP contribution in [0.1, 0.15) is 27.2 Å². The minimum Gasteiger partial charge on any atom is -0.0990 e. The van der Waals surface area contributed by atoms with Gasteiger partial charge in [-0.1, -0.05) is 72.9 Å². The van der Waals surface area contributed by atoms with Crippen molar-refractivity contribution in [2.24, 2.45) is 17.3 Å². The topological polar surface area (TPSA) is 0 Å².